The van der Waals surface area contributed by atoms with Gasteiger partial charge in [0.2, 0.25) is 5.78 Å². The molecule has 36 heavy (non-hydrogen) atoms. The van der Waals surface area contributed by atoms with Crippen LogP contribution in [0, 0.1) is 0 Å². The van der Waals surface area contributed by atoms with E-state index in [1.165, 1.54) is 26.2 Å². The molecule has 2 aromatic carbocycles. The number of esters is 1. The fourth-order valence-electron chi connectivity index (χ4n) is 4.04. The van der Waals surface area contributed by atoms with Crippen molar-refractivity contribution in [1.29, 1.82) is 0 Å². The second-order valence-electron chi connectivity index (χ2n) is 8.23. The quantitative estimate of drug-likeness (QED) is 0.282. The normalized spacial score (nSPS) is 13.4. The number of hydrogen-bond donors (Lipinski definition) is 1. The summed E-state index contributed by atoms with van der Waals surface area (Å²) < 4.78 is 6.83. The first-order chi connectivity index (χ1) is 17.1. The summed E-state index contributed by atoms with van der Waals surface area (Å²) in [5.41, 5.74) is 4.60. The van der Waals surface area contributed by atoms with Crippen LogP contribution in [-0.4, -0.2) is 50.2 Å². The fourth-order valence-corrected chi connectivity index (χ4v) is 4.04. The van der Waals surface area contributed by atoms with Crippen molar-refractivity contribution in [2.45, 2.75) is 12.5 Å². The number of anilines is 1. The summed E-state index contributed by atoms with van der Waals surface area (Å²) in [6.07, 6.45) is -0.0525. The van der Waals surface area contributed by atoms with Gasteiger partial charge in [-0.15, -0.1) is 0 Å². The van der Waals surface area contributed by atoms with E-state index in [9.17, 15) is 28.8 Å². The van der Waals surface area contributed by atoms with Crippen LogP contribution < -0.4 is 17.0 Å². The van der Waals surface area contributed by atoms with Gasteiger partial charge in [-0.3, -0.25) is 33.2 Å². The number of nitrogens with zero attached hydrogens (tertiary/aromatic N) is 3. The molecule has 4 rings (SSSR count). The van der Waals surface area contributed by atoms with E-state index in [-0.39, 0.29) is 23.4 Å². The van der Waals surface area contributed by atoms with Crippen molar-refractivity contribution in [3.05, 3.63) is 97.7 Å². The Labute approximate surface area is 204 Å². The number of nitrogens with two attached hydrogens (primary N) is 1. The monoisotopic (exact) mass is 490 g/mol. The Hall–Kier alpha value is -4.80. The lowest BCUT2D eigenvalue weighted by molar-refractivity contribution is -0.147. The van der Waals surface area contributed by atoms with E-state index < -0.39 is 53.0 Å². The van der Waals surface area contributed by atoms with Gasteiger partial charge in [0.15, 0.2) is 6.61 Å². The maximum absolute atomic E-state index is 13.2. The first-order valence-corrected chi connectivity index (χ1v) is 10.9. The molecule has 2 heterocycles. The van der Waals surface area contributed by atoms with E-state index in [2.05, 4.69) is 0 Å². The Kier molecular flexibility index (Phi) is 6.39. The summed E-state index contributed by atoms with van der Waals surface area (Å²) in [4.78, 5) is 77.3. The fraction of sp³-hybridized carbons (Fsp3) is 0.200. The smallest absolute Gasteiger partial charge is 0.332 e. The highest BCUT2D eigenvalue weighted by Gasteiger charge is 2.43. The van der Waals surface area contributed by atoms with Gasteiger partial charge in [-0.05, 0) is 17.7 Å². The summed E-state index contributed by atoms with van der Waals surface area (Å²) >= 11 is 0. The lowest BCUT2D eigenvalue weighted by Crippen LogP contribution is -2.47. The number of amides is 2. The molecule has 1 aliphatic rings. The van der Waals surface area contributed by atoms with Gasteiger partial charge < -0.3 is 10.5 Å². The largest absolute Gasteiger partial charge is 0.456 e. The van der Waals surface area contributed by atoms with Crippen molar-refractivity contribution in [3.8, 4) is 0 Å². The van der Waals surface area contributed by atoms with E-state index in [4.69, 9.17) is 10.5 Å². The number of ether oxygens (including phenoxy) is 1. The maximum Gasteiger partial charge on any atom is 0.332 e. The van der Waals surface area contributed by atoms with Crippen LogP contribution in [0.3, 0.4) is 0 Å². The van der Waals surface area contributed by atoms with Crippen LogP contribution in [0.25, 0.3) is 0 Å². The van der Waals surface area contributed by atoms with E-state index >= 15 is 0 Å². The van der Waals surface area contributed by atoms with Crippen LogP contribution in [0.5, 0.6) is 0 Å². The summed E-state index contributed by atoms with van der Waals surface area (Å²) in [7, 11) is 2.48. The van der Waals surface area contributed by atoms with Gasteiger partial charge in [-0.2, -0.15) is 0 Å². The Morgan fingerprint density at radius 2 is 1.42 bits per heavy atom. The number of rotatable bonds is 7. The Morgan fingerprint density at radius 1 is 0.861 bits per heavy atom. The average molecular weight is 490 g/mol. The zero-order valence-corrected chi connectivity index (χ0v) is 19.5. The van der Waals surface area contributed by atoms with Crippen LogP contribution >= 0.6 is 0 Å². The minimum Gasteiger partial charge on any atom is -0.456 e. The predicted molar refractivity (Wildman–Crippen MR) is 128 cm³/mol. The molecule has 2 amide bonds. The molecule has 0 fully saturated rings. The van der Waals surface area contributed by atoms with Gasteiger partial charge in [0.25, 0.3) is 17.4 Å². The van der Waals surface area contributed by atoms with Gasteiger partial charge in [-0.1, -0.05) is 42.5 Å². The molecule has 11 nitrogen and oxygen atoms in total. The summed E-state index contributed by atoms with van der Waals surface area (Å²) in [6.45, 7) is -0.884. The second kappa shape index (κ2) is 9.45. The highest BCUT2D eigenvalue weighted by Crippen LogP contribution is 2.26. The first-order valence-electron chi connectivity index (χ1n) is 10.9. The van der Waals surface area contributed by atoms with E-state index in [1.54, 1.807) is 42.5 Å². The standard InChI is InChI=1S/C25H22N4O7/c1-27-20(26)19(23(33)28(2)25(27)35)18(30)13-36-24(34)17(12-14-8-4-3-5-9-14)29-21(31)15-10-6-7-11-16(15)22(29)32/h3-11,17H,12-13,26H2,1-2H3/t17-/m0/s1. The van der Waals surface area contributed by atoms with Crippen molar-refractivity contribution in [2.75, 3.05) is 12.3 Å². The van der Waals surface area contributed by atoms with Gasteiger partial charge in [0.1, 0.15) is 17.4 Å². The van der Waals surface area contributed by atoms with Crippen molar-refractivity contribution >= 4 is 29.4 Å². The molecule has 0 bridgehead atoms. The van der Waals surface area contributed by atoms with Crippen molar-refractivity contribution in [1.82, 2.24) is 14.0 Å². The first kappa shape index (κ1) is 24.3. The third-order valence-corrected chi connectivity index (χ3v) is 6.02. The molecule has 0 saturated heterocycles. The molecule has 3 aromatic rings. The van der Waals surface area contributed by atoms with Crippen molar-refractivity contribution in [2.24, 2.45) is 14.1 Å². The highest BCUT2D eigenvalue weighted by atomic mass is 16.5. The molecule has 0 spiro atoms. The highest BCUT2D eigenvalue weighted by molar-refractivity contribution is 6.22. The number of carbonyl (C=O) groups excluding carboxylic acids is 4. The summed E-state index contributed by atoms with van der Waals surface area (Å²) in [6, 6.07) is 13.5. The number of aromatic nitrogens is 2. The number of benzene rings is 2. The third kappa shape index (κ3) is 4.11. The number of hydrogen-bond acceptors (Lipinski definition) is 8. The maximum atomic E-state index is 13.2. The number of imide groups is 1. The minimum absolute atomic E-state index is 0.0525. The molecular formula is C25H22N4O7. The molecule has 1 aromatic heterocycles. The molecule has 2 N–H and O–H groups in total. The van der Waals surface area contributed by atoms with E-state index in [0.717, 1.165) is 9.47 Å². The SMILES string of the molecule is Cn1c(N)c(C(=O)COC(=O)[C@H](Cc2ccccc2)N2C(=O)c3ccccc3C2=O)c(=O)n(C)c1=O. The van der Waals surface area contributed by atoms with Crippen LogP contribution in [0.15, 0.2) is 64.2 Å². The topological polar surface area (TPSA) is 151 Å². The lowest BCUT2D eigenvalue weighted by atomic mass is 10.0. The zero-order valence-electron chi connectivity index (χ0n) is 19.5. The van der Waals surface area contributed by atoms with Gasteiger partial charge in [0.05, 0.1) is 11.1 Å². The Morgan fingerprint density at radius 3 is 2.00 bits per heavy atom. The van der Waals surface area contributed by atoms with E-state index in [0.29, 0.717) is 10.1 Å². The molecule has 0 unspecified atom stereocenters. The predicted octanol–water partition coefficient (Wildman–Crippen LogP) is 0.300. The van der Waals surface area contributed by atoms with Crippen LogP contribution in [0.4, 0.5) is 5.82 Å². The molecular weight excluding hydrogens is 468 g/mol. The molecule has 184 valence electrons. The van der Waals surface area contributed by atoms with Crippen molar-refractivity contribution < 1.29 is 23.9 Å². The Balaban J connectivity index is 1.62. The molecule has 11 heteroatoms. The lowest BCUT2D eigenvalue weighted by Gasteiger charge is -2.24. The van der Waals surface area contributed by atoms with Gasteiger partial charge in [0, 0.05) is 20.5 Å². The number of fused-ring (bicyclic) bond motifs is 1. The number of ketones is 1. The molecule has 0 saturated carbocycles. The van der Waals surface area contributed by atoms with Crippen LogP contribution in [0.2, 0.25) is 0 Å². The summed E-state index contributed by atoms with van der Waals surface area (Å²) in [5.74, 6) is -3.63. The minimum atomic E-state index is -1.37. The molecule has 0 aliphatic carbocycles. The van der Waals surface area contributed by atoms with Gasteiger partial charge in [-0.25, -0.2) is 9.59 Å². The van der Waals surface area contributed by atoms with Crippen LogP contribution in [-0.2, 0) is 30.0 Å². The van der Waals surface area contributed by atoms with Crippen molar-refractivity contribution in [3.63, 3.8) is 0 Å². The zero-order chi connectivity index (χ0) is 26.1. The number of Topliss-reactive ketones (excluding diaryl/α,β-unsaturated/α-hetero) is 1. The molecule has 1 aliphatic heterocycles. The summed E-state index contributed by atoms with van der Waals surface area (Å²) in [5, 5.41) is 0. The second-order valence-corrected chi connectivity index (χ2v) is 8.23. The average Bonchev–Trinajstić information content (AvgIpc) is 3.14. The van der Waals surface area contributed by atoms with E-state index in [1.807, 2.05) is 0 Å². The molecule has 1 atom stereocenters. The number of nitrogen functional groups attached to an aromatic ring is 1. The third-order valence-electron chi connectivity index (χ3n) is 6.02. The van der Waals surface area contributed by atoms with Crippen LogP contribution in [0.1, 0.15) is 36.6 Å². The Bertz CT molecular complexity index is 1490. The molecule has 0 radical (unpaired) electrons. The van der Waals surface area contributed by atoms with Gasteiger partial charge >= 0.3 is 11.7 Å². The number of carbonyl (C=O) groups is 4.